The molecule has 0 spiro atoms. The van der Waals surface area contributed by atoms with E-state index in [-0.39, 0.29) is 5.91 Å². The van der Waals surface area contributed by atoms with Crippen molar-refractivity contribution < 1.29 is 4.79 Å². The van der Waals surface area contributed by atoms with Crippen LogP contribution in [0.3, 0.4) is 0 Å². The highest BCUT2D eigenvalue weighted by molar-refractivity contribution is 6.08. The van der Waals surface area contributed by atoms with Crippen LogP contribution in [0.4, 0.5) is 11.5 Å². The Morgan fingerprint density at radius 2 is 1.89 bits per heavy atom. The third-order valence-corrected chi connectivity index (χ3v) is 5.52. The maximum Gasteiger partial charge on any atom is 0.279 e. The van der Waals surface area contributed by atoms with Crippen LogP contribution in [0.2, 0.25) is 0 Å². The molecule has 0 aliphatic carbocycles. The summed E-state index contributed by atoms with van der Waals surface area (Å²) in [5.74, 6) is 1.63. The highest BCUT2D eigenvalue weighted by Crippen LogP contribution is 2.28. The number of hydrogen-bond acceptors (Lipinski definition) is 5. The summed E-state index contributed by atoms with van der Waals surface area (Å²) < 4.78 is 1.75. The molecule has 7 nitrogen and oxygen atoms in total. The van der Waals surface area contributed by atoms with Gasteiger partial charge in [0.05, 0.1) is 30.3 Å². The SMILES string of the molecule is Cc1ccc(N2Cc3cn(-c4ccc(N5CC[C@H](C)C5)nc4)nc3C2=O)cn1. The van der Waals surface area contributed by atoms with E-state index in [2.05, 4.69) is 26.9 Å². The van der Waals surface area contributed by atoms with E-state index in [4.69, 9.17) is 0 Å². The predicted molar refractivity (Wildman–Crippen MR) is 107 cm³/mol. The number of amides is 1. The van der Waals surface area contributed by atoms with Gasteiger partial charge in [-0.25, -0.2) is 9.67 Å². The summed E-state index contributed by atoms with van der Waals surface area (Å²) in [7, 11) is 0. The first-order valence-corrected chi connectivity index (χ1v) is 9.63. The molecule has 0 bridgehead atoms. The van der Waals surface area contributed by atoms with Gasteiger partial charge in [0.25, 0.3) is 5.91 Å². The summed E-state index contributed by atoms with van der Waals surface area (Å²) in [4.78, 5) is 25.7. The molecule has 0 N–H and O–H groups in total. The number of carbonyl (C=O) groups excluding carboxylic acids is 1. The van der Waals surface area contributed by atoms with Crippen molar-refractivity contribution in [2.75, 3.05) is 22.9 Å². The first kappa shape index (κ1) is 16.9. The van der Waals surface area contributed by atoms with Crippen LogP contribution in [0, 0.1) is 12.8 Å². The number of fused-ring (bicyclic) bond motifs is 1. The van der Waals surface area contributed by atoms with Crippen LogP contribution in [-0.2, 0) is 6.54 Å². The zero-order valence-corrected chi connectivity index (χ0v) is 16.0. The standard InChI is InChI=1S/C21H22N6O/c1-14-7-8-25(11-14)19-6-5-18(10-23-19)27-13-16-12-26(21(28)20(16)24-27)17-4-3-15(2)22-9-17/h3-6,9-10,13-14H,7-8,11-12H2,1-2H3/t14-/m0/s1. The molecule has 0 aromatic carbocycles. The molecule has 5 heterocycles. The van der Waals surface area contributed by atoms with Crippen molar-refractivity contribution in [3.05, 3.63) is 59.8 Å². The summed E-state index contributed by atoms with van der Waals surface area (Å²) in [6.45, 7) is 6.82. The molecular weight excluding hydrogens is 352 g/mol. The minimum Gasteiger partial charge on any atom is -0.356 e. The van der Waals surface area contributed by atoms with Gasteiger partial charge in [-0.2, -0.15) is 5.10 Å². The van der Waals surface area contributed by atoms with Crippen molar-refractivity contribution in [2.24, 2.45) is 5.92 Å². The monoisotopic (exact) mass is 374 g/mol. The maximum atomic E-state index is 12.8. The van der Waals surface area contributed by atoms with Crippen molar-refractivity contribution in [1.82, 2.24) is 19.7 Å². The minimum absolute atomic E-state index is 0.0879. The molecule has 1 saturated heterocycles. The second-order valence-electron chi connectivity index (χ2n) is 7.71. The van der Waals surface area contributed by atoms with E-state index >= 15 is 0 Å². The van der Waals surface area contributed by atoms with Crippen molar-refractivity contribution in [1.29, 1.82) is 0 Å². The van der Waals surface area contributed by atoms with Crippen LogP contribution in [0.25, 0.3) is 5.69 Å². The van der Waals surface area contributed by atoms with Crippen molar-refractivity contribution in [3.63, 3.8) is 0 Å². The molecule has 0 saturated carbocycles. The Labute approximate surface area is 163 Å². The first-order valence-electron chi connectivity index (χ1n) is 9.63. The van der Waals surface area contributed by atoms with Crippen LogP contribution < -0.4 is 9.80 Å². The van der Waals surface area contributed by atoms with E-state index in [1.165, 1.54) is 6.42 Å². The highest BCUT2D eigenvalue weighted by Gasteiger charge is 2.32. The van der Waals surface area contributed by atoms with Gasteiger partial charge in [-0.05, 0) is 43.5 Å². The van der Waals surface area contributed by atoms with Gasteiger partial charge in [-0.15, -0.1) is 0 Å². The largest absolute Gasteiger partial charge is 0.356 e. The second-order valence-corrected chi connectivity index (χ2v) is 7.71. The van der Waals surface area contributed by atoms with Gasteiger partial charge >= 0.3 is 0 Å². The fourth-order valence-corrected chi connectivity index (χ4v) is 3.88. The maximum absolute atomic E-state index is 12.8. The molecule has 3 aromatic heterocycles. The molecular formula is C21H22N6O. The molecule has 1 amide bonds. The quantitative estimate of drug-likeness (QED) is 0.705. The van der Waals surface area contributed by atoms with Crippen LogP contribution >= 0.6 is 0 Å². The first-order chi connectivity index (χ1) is 13.6. The number of aromatic nitrogens is 4. The predicted octanol–water partition coefficient (Wildman–Crippen LogP) is 2.98. The highest BCUT2D eigenvalue weighted by atomic mass is 16.2. The van der Waals surface area contributed by atoms with Crippen molar-refractivity contribution >= 4 is 17.4 Å². The van der Waals surface area contributed by atoms with Crippen LogP contribution in [0.15, 0.2) is 42.9 Å². The van der Waals surface area contributed by atoms with Gasteiger partial charge in [0.1, 0.15) is 5.82 Å². The Hall–Kier alpha value is -3.22. The number of nitrogens with zero attached hydrogens (tertiary/aromatic N) is 6. The molecule has 0 unspecified atom stereocenters. The third-order valence-electron chi connectivity index (χ3n) is 5.52. The Bertz CT molecular complexity index is 1020. The number of anilines is 2. The lowest BCUT2D eigenvalue weighted by atomic mass is 10.2. The zero-order chi connectivity index (χ0) is 19.3. The Kier molecular flexibility index (Phi) is 3.89. The van der Waals surface area contributed by atoms with Gasteiger partial charge in [-0.1, -0.05) is 6.92 Å². The van der Waals surface area contributed by atoms with E-state index in [1.807, 2.05) is 43.6 Å². The lowest BCUT2D eigenvalue weighted by molar-refractivity contribution is 0.0991. The van der Waals surface area contributed by atoms with Crippen LogP contribution in [0.1, 0.15) is 35.1 Å². The van der Waals surface area contributed by atoms with E-state index in [0.29, 0.717) is 18.2 Å². The fraction of sp³-hybridized carbons (Fsp3) is 0.333. The average molecular weight is 374 g/mol. The Balaban J connectivity index is 1.36. The number of rotatable bonds is 3. The van der Waals surface area contributed by atoms with Gasteiger partial charge in [-0.3, -0.25) is 9.78 Å². The molecule has 7 heteroatoms. The molecule has 5 rings (SSSR count). The smallest absolute Gasteiger partial charge is 0.279 e. The number of aryl methyl sites for hydroxylation is 1. The van der Waals surface area contributed by atoms with Crippen LogP contribution in [-0.4, -0.2) is 38.7 Å². The Morgan fingerprint density at radius 3 is 2.54 bits per heavy atom. The molecule has 1 atom stereocenters. The average Bonchev–Trinajstić information content (AvgIpc) is 3.39. The topological polar surface area (TPSA) is 67.2 Å². The van der Waals surface area contributed by atoms with Gasteiger partial charge in [0.2, 0.25) is 0 Å². The second kappa shape index (κ2) is 6.44. The van der Waals surface area contributed by atoms with E-state index in [1.54, 1.807) is 15.8 Å². The number of hydrogen-bond donors (Lipinski definition) is 0. The summed E-state index contributed by atoms with van der Waals surface area (Å²) >= 11 is 0. The lowest BCUT2D eigenvalue weighted by Gasteiger charge is -2.17. The normalized spacial score (nSPS) is 18.8. The summed E-state index contributed by atoms with van der Waals surface area (Å²) in [6, 6.07) is 7.88. The van der Waals surface area contributed by atoms with Crippen molar-refractivity contribution in [2.45, 2.75) is 26.8 Å². The molecule has 28 heavy (non-hydrogen) atoms. The van der Waals surface area contributed by atoms with Gasteiger partial charge in [0.15, 0.2) is 5.69 Å². The minimum atomic E-state index is -0.0879. The molecule has 2 aliphatic heterocycles. The van der Waals surface area contributed by atoms with E-state index < -0.39 is 0 Å². The summed E-state index contributed by atoms with van der Waals surface area (Å²) in [6.07, 6.45) is 6.69. The summed E-state index contributed by atoms with van der Waals surface area (Å²) in [5.41, 5.74) is 4.01. The number of carbonyl (C=O) groups is 1. The molecule has 3 aromatic rings. The van der Waals surface area contributed by atoms with Gasteiger partial charge in [0, 0.05) is 30.5 Å². The lowest BCUT2D eigenvalue weighted by Crippen LogP contribution is -2.24. The fourth-order valence-electron chi connectivity index (χ4n) is 3.88. The van der Waals surface area contributed by atoms with Crippen LogP contribution in [0.5, 0.6) is 0 Å². The molecule has 1 fully saturated rings. The number of pyridine rings is 2. The van der Waals surface area contributed by atoms with E-state index in [9.17, 15) is 4.79 Å². The molecule has 142 valence electrons. The van der Waals surface area contributed by atoms with E-state index in [0.717, 1.165) is 41.5 Å². The van der Waals surface area contributed by atoms with Gasteiger partial charge < -0.3 is 9.80 Å². The third kappa shape index (κ3) is 2.83. The van der Waals surface area contributed by atoms with Crippen molar-refractivity contribution in [3.8, 4) is 5.69 Å². The Morgan fingerprint density at radius 1 is 1.07 bits per heavy atom. The summed E-state index contributed by atoms with van der Waals surface area (Å²) in [5, 5.41) is 4.53. The zero-order valence-electron chi connectivity index (χ0n) is 16.0. The molecule has 2 aliphatic rings. The molecule has 0 radical (unpaired) electrons.